The zero-order valence-electron chi connectivity index (χ0n) is 38.9. The molecule has 0 spiro atoms. The predicted octanol–water partition coefficient (Wildman–Crippen LogP) is 14.8. The van der Waals surface area contributed by atoms with Gasteiger partial charge < -0.3 is 20.3 Å². The first kappa shape index (κ1) is 56.6. The second kappa shape index (κ2) is 46.6. The third-order valence-electron chi connectivity index (χ3n) is 11.2. The molecule has 0 saturated heterocycles. The average molecular weight is 826 g/mol. The Balaban J connectivity index is 4.72. The molecule has 1 amide bonds. The summed E-state index contributed by atoms with van der Waals surface area (Å²) in [6.45, 7) is 6.41. The highest BCUT2D eigenvalue weighted by Crippen LogP contribution is 2.17. The lowest BCUT2D eigenvalue weighted by atomic mass is 10.0. The van der Waals surface area contributed by atoms with E-state index in [0.717, 1.165) is 83.5 Å². The average Bonchev–Trinajstić information content (AvgIpc) is 3.23. The van der Waals surface area contributed by atoms with Gasteiger partial charge in [-0.3, -0.25) is 9.59 Å². The zero-order chi connectivity index (χ0) is 43.1. The Morgan fingerprint density at radius 2 is 0.881 bits per heavy atom. The lowest BCUT2D eigenvalue weighted by molar-refractivity contribution is -0.151. The molecule has 0 aromatic rings. The molecule has 3 N–H and O–H groups in total. The maximum atomic E-state index is 13.2. The number of amides is 1. The molecule has 0 saturated carbocycles. The second-order valence-corrected chi connectivity index (χ2v) is 17.0. The summed E-state index contributed by atoms with van der Waals surface area (Å²) in [6.07, 6.45) is 57.0. The fourth-order valence-corrected chi connectivity index (χ4v) is 7.32. The van der Waals surface area contributed by atoms with Crippen LogP contribution in [0, 0.1) is 0 Å². The van der Waals surface area contributed by atoms with Gasteiger partial charge in [0.2, 0.25) is 5.91 Å². The van der Waals surface area contributed by atoms with E-state index >= 15 is 0 Å². The Bertz CT molecular complexity index is 1060. The molecule has 0 aliphatic heterocycles. The van der Waals surface area contributed by atoms with Gasteiger partial charge in [0.05, 0.1) is 25.2 Å². The quantitative estimate of drug-likeness (QED) is 0.0246. The monoisotopic (exact) mass is 826 g/mol. The van der Waals surface area contributed by atoms with Gasteiger partial charge in [-0.15, -0.1) is 0 Å². The van der Waals surface area contributed by atoms with Crippen molar-refractivity contribution in [2.75, 3.05) is 6.61 Å². The van der Waals surface area contributed by atoms with Crippen LogP contribution >= 0.6 is 0 Å². The zero-order valence-corrected chi connectivity index (χ0v) is 38.9. The van der Waals surface area contributed by atoms with Crippen molar-refractivity contribution in [3.63, 3.8) is 0 Å². The number of aliphatic hydroxyl groups is 2. The molecule has 6 nitrogen and oxygen atoms in total. The van der Waals surface area contributed by atoms with E-state index in [1.165, 1.54) is 109 Å². The number of carbonyl (C=O) groups excluding carboxylic acids is 2. The standard InChI is InChI=1S/C53H95NO5/c1-4-7-10-13-16-19-22-24-25-26-28-30-32-35-38-41-44-49(59-53(58)46-43-40-37-34-31-27-23-20-17-14-11-8-5-2)47-52(57)54-50(48-55)51(56)45-42-39-36-33-29-21-18-15-12-9-6-3/h16,19,22,24-28,30-31,49-51,55-56H,4-15,17-18,20-21,23,29,32-48H2,1-3H3,(H,54,57)/b19-16+,24-22+,26-25+,30-28+,31-27-. The molecule has 3 unspecified atom stereocenters. The topological polar surface area (TPSA) is 95.9 Å². The number of hydrogen-bond acceptors (Lipinski definition) is 5. The van der Waals surface area contributed by atoms with Crippen LogP contribution in [0.3, 0.4) is 0 Å². The van der Waals surface area contributed by atoms with Crippen molar-refractivity contribution >= 4 is 11.9 Å². The van der Waals surface area contributed by atoms with Crippen LogP contribution in [0.15, 0.2) is 60.8 Å². The molecule has 6 heteroatoms. The summed E-state index contributed by atoms with van der Waals surface area (Å²) in [7, 11) is 0. The molecule has 3 atom stereocenters. The largest absolute Gasteiger partial charge is 0.462 e. The van der Waals surface area contributed by atoms with Crippen molar-refractivity contribution < 1.29 is 24.5 Å². The van der Waals surface area contributed by atoms with Crippen molar-refractivity contribution in [2.24, 2.45) is 0 Å². The van der Waals surface area contributed by atoms with Gasteiger partial charge in [-0.05, 0) is 77.0 Å². The normalized spacial score (nSPS) is 13.8. The molecule has 0 aliphatic rings. The Labute approximate surface area is 365 Å². The van der Waals surface area contributed by atoms with E-state index in [4.69, 9.17) is 4.74 Å². The Kier molecular flexibility index (Phi) is 44.7. The first-order valence-corrected chi connectivity index (χ1v) is 25.1. The number of rotatable bonds is 44. The van der Waals surface area contributed by atoms with Gasteiger partial charge in [0, 0.05) is 6.42 Å². The van der Waals surface area contributed by atoms with Crippen LogP contribution < -0.4 is 5.32 Å². The van der Waals surface area contributed by atoms with Gasteiger partial charge in [0.15, 0.2) is 0 Å². The summed E-state index contributed by atoms with van der Waals surface area (Å²) in [5.74, 6) is -0.532. The minimum absolute atomic E-state index is 0.0446. The fraction of sp³-hybridized carbons (Fsp3) is 0.774. The molecular formula is C53H95NO5. The molecule has 0 rings (SSSR count). The highest BCUT2D eigenvalue weighted by molar-refractivity contribution is 5.77. The number of carbonyl (C=O) groups is 2. The summed E-state index contributed by atoms with van der Waals surface area (Å²) in [4.78, 5) is 26.1. The minimum atomic E-state index is -0.801. The van der Waals surface area contributed by atoms with Crippen LogP contribution in [0.25, 0.3) is 0 Å². The van der Waals surface area contributed by atoms with Crippen LogP contribution in [0.2, 0.25) is 0 Å². The van der Waals surface area contributed by atoms with Crippen LogP contribution in [0.4, 0.5) is 0 Å². The molecule has 59 heavy (non-hydrogen) atoms. The molecule has 0 aromatic carbocycles. The maximum absolute atomic E-state index is 13.2. The molecule has 342 valence electrons. The third-order valence-corrected chi connectivity index (χ3v) is 11.2. The highest BCUT2D eigenvalue weighted by atomic mass is 16.5. The van der Waals surface area contributed by atoms with Crippen molar-refractivity contribution in [3.05, 3.63) is 60.8 Å². The highest BCUT2D eigenvalue weighted by Gasteiger charge is 2.24. The minimum Gasteiger partial charge on any atom is -0.462 e. The lowest BCUT2D eigenvalue weighted by Crippen LogP contribution is -2.46. The van der Waals surface area contributed by atoms with Crippen LogP contribution in [0.5, 0.6) is 0 Å². The van der Waals surface area contributed by atoms with Crippen LogP contribution in [-0.2, 0) is 14.3 Å². The number of allylic oxidation sites excluding steroid dienone is 10. The first-order valence-electron chi connectivity index (χ1n) is 25.1. The Morgan fingerprint density at radius 3 is 1.41 bits per heavy atom. The van der Waals surface area contributed by atoms with E-state index in [1.807, 2.05) is 6.08 Å². The lowest BCUT2D eigenvalue weighted by Gasteiger charge is -2.24. The Morgan fingerprint density at radius 1 is 0.492 bits per heavy atom. The molecule has 0 aliphatic carbocycles. The molecule has 0 bridgehead atoms. The first-order chi connectivity index (χ1) is 29.0. The van der Waals surface area contributed by atoms with Crippen molar-refractivity contribution in [1.29, 1.82) is 0 Å². The van der Waals surface area contributed by atoms with Gasteiger partial charge in [0.25, 0.3) is 0 Å². The van der Waals surface area contributed by atoms with Crippen LogP contribution in [-0.4, -0.2) is 46.9 Å². The number of ether oxygens (including phenoxy) is 1. The van der Waals surface area contributed by atoms with Crippen molar-refractivity contribution in [1.82, 2.24) is 5.32 Å². The molecule has 0 fully saturated rings. The van der Waals surface area contributed by atoms with E-state index in [2.05, 4.69) is 80.8 Å². The van der Waals surface area contributed by atoms with E-state index in [0.29, 0.717) is 19.3 Å². The summed E-state index contributed by atoms with van der Waals surface area (Å²) < 4.78 is 5.90. The summed E-state index contributed by atoms with van der Waals surface area (Å²) >= 11 is 0. The Hall–Kier alpha value is -2.44. The molecular weight excluding hydrogens is 731 g/mol. The number of nitrogens with one attached hydrogen (secondary N) is 1. The smallest absolute Gasteiger partial charge is 0.306 e. The maximum Gasteiger partial charge on any atom is 0.306 e. The summed E-state index contributed by atoms with van der Waals surface area (Å²) in [5.41, 5.74) is 0. The third kappa shape index (κ3) is 42.1. The van der Waals surface area contributed by atoms with E-state index in [9.17, 15) is 19.8 Å². The summed E-state index contributed by atoms with van der Waals surface area (Å²) in [6, 6.07) is -0.717. The number of aliphatic hydroxyl groups excluding tert-OH is 2. The van der Waals surface area contributed by atoms with E-state index in [-0.39, 0.29) is 24.9 Å². The number of hydrogen-bond donors (Lipinski definition) is 3. The van der Waals surface area contributed by atoms with Gasteiger partial charge in [-0.1, -0.05) is 210 Å². The summed E-state index contributed by atoms with van der Waals surface area (Å²) in [5, 5.41) is 23.7. The van der Waals surface area contributed by atoms with E-state index in [1.54, 1.807) is 0 Å². The van der Waals surface area contributed by atoms with E-state index < -0.39 is 18.2 Å². The van der Waals surface area contributed by atoms with Crippen molar-refractivity contribution in [3.8, 4) is 0 Å². The van der Waals surface area contributed by atoms with Gasteiger partial charge in [-0.2, -0.15) is 0 Å². The fourth-order valence-electron chi connectivity index (χ4n) is 7.32. The number of unbranched alkanes of at least 4 members (excludes halogenated alkanes) is 25. The molecule has 0 radical (unpaired) electrons. The van der Waals surface area contributed by atoms with Crippen LogP contribution in [0.1, 0.15) is 239 Å². The van der Waals surface area contributed by atoms with Gasteiger partial charge in [0.1, 0.15) is 6.10 Å². The molecule has 0 aromatic heterocycles. The molecule has 0 heterocycles. The van der Waals surface area contributed by atoms with Gasteiger partial charge in [-0.25, -0.2) is 0 Å². The second-order valence-electron chi connectivity index (χ2n) is 17.0. The number of esters is 1. The van der Waals surface area contributed by atoms with Gasteiger partial charge >= 0.3 is 5.97 Å². The SMILES string of the molecule is CCCCC/C=C/C=C/C=C/C=C/CCCCCC(CC(=O)NC(CO)C(O)CCCCCCCCCCCCC)OC(=O)CCCCC/C=C\CCCCCCCC. The van der Waals surface area contributed by atoms with Crippen molar-refractivity contribution in [2.45, 2.75) is 257 Å². The predicted molar refractivity (Wildman–Crippen MR) is 255 cm³/mol.